The summed E-state index contributed by atoms with van der Waals surface area (Å²) in [6.45, 7) is 14.0. The van der Waals surface area contributed by atoms with Gasteiger partial charge in [0.05, 0.1) is 44.9 Å². The monoisotopic (exact) mass is 961 g/mol. The third-order valence-electron chi connectivity index (χ3n) is 10.4. The normalized spacial score (nSPS) is 11.2. The first-order chi connectivity index (χ1) is 34.0. The second kappa shape index (κ2) is 31.5. The standard InChI is InChI=1S/C43H48N8O7.C3H8.C2H6O.C2H6.2C2H2/c1-5-16-50(38(52)22-45-42(54)56-3)23-36-44-21-34(47-36)28-12-14-30-29(18-28)25-58-35-20-31-27(19-32(30)35)13-15-33-40(31)48-37(46-33)24-51(17-6-2)41(53)39(49-43(55)57-4)26-10-8-7-9-11-26;2*1-3-2;3*1-2/h7-12,14,18-21,39H,5-6,13,15-17,22-25H2,1-4H3,(H,44,47)(H,45,54)(H,46,48)(H,49,55);3H2,1-2H3;1-2H3;1-2H3;2*1-2H/t39-;;;;;/m1...../s1. The molecule has 0 bridgehead atoms. The number of fused-ring (bicyclic) bond motifs is 6. The van der Waals surface area contributed by atoms with Crippen molar-refractivity contribution in [2.24, 2.45) is 0 Å². The number of rotatable bonds is 14. The molecule has 0 saturated carbocycles. The molecule has 3 heterocycles. The average molecular weight is 961 g/mol. The lowest BCUT2D eigenvalue weighted by atomic mass is 9.86. The summed E-state index contributed by atoms with van der Waals surface area (Å²) in [5, 5.41) is 5.16. The van der Waals surface area contributed by atoms with Crippen molar-refractivity contribution in [3.8, 4) is 65.1 Å². The molecule has 0 radical (unpaired) electrons. The van der Waals surface area contributed by atoms with Gasteiger partial charge in [0.2, 0.25) is 11.8 Å². The summed E-state index contributed by atoms with van der Waals surface area (Å²) in [7, 11) is 5.78. The molecule has 2 aromatic heterocycles. The molecule has 16 heteroatoms. The number of aryl methyl sites for hydroxylation is 2. The van der Waals surface area contributed by atoms with E-state index in [1.165, 1.54) is 26.2 Å². The van der Waals surface area contributed by atoms with Gasteiger partial charge in [0.25, 0.3) is 0 Å². The van der Waals surface area contributed by atoms with Crippen LogP contribution >= 0.6 is 0 Å². The van der Waals surface area contributed by atoms with Crippen molar-refractivity contribution in [3.63, 3.8) is 0 Å². The van der Waals surface area contributed by atoms with Crippen molar-refractivity contribution in [3.05, 3.63) is 101 Å². The molecule has 1 aliphatic carbocycles. The summed E-state index contributed by atoms with van der Waals surface area (Å²) in [5.41, 5.74) is 9.65. The summed E-state index contributed by atoms with van der Waals surface area (Å²) in [6, 6.07) is 18.8. The topological polar surface area (TPSA) is 193 Å². The van der Waals surface area contributed by atoms with Crippen molar-refractivity contribution in [2.45, 2.75) is 99.4 Å². The molecule has 0 saturated heterocycles. The number of hydrogen-bond acceptors (Lipinski definition) is 10. The van der Waals surface area contributed by atoms with Crippen LogP contribution in [0.25, 0.3) is 33.6 Å². The highest BCUT2D eigenvalue weighted by Gasteiger charge is 2.30. The van der Waals surface area contributed by atoms with E-state index in [0.29, 0.717) is 36.9 Å². The predicted molar refractivity (Wildman–Crippen MR) is 275 cm³/mol. The lowest BCUT2D eigenvalue weighted by molar-refractivity contribution is -0.134. The van der Waals surface area contributed by atoms with Crippen LogP contribution in [0.5, 0.6) is 5.75 Å². The fraction of sp³-hybridized carbons (Fsp3) is 0.407. The number of hydrogen-bond donors (Lipinski definition) is 4. The van der Waals surface area contributed by atoms with Gasteiger partial charge in [0.15, 0.2) is 0 Å². The Kier molecular flexibility index (Phi) is 26.3. The number of imidazole rings is 2. The number of methoxy groups -OCH3 is 3. The molecule has 1 aliphatic heterocycles. The van der Waals surface area contributed by atoms with Gasteiger partial charge in [0.1, 0.15) is 36.6 Å². The van der Waals surface area contributed by atoms with Crippen LogP contribution in [0.15, 0.2) is 66.9 Å². The van der Waals surface area contributed by atoms with Gasteiger partial charge in [-0.3, -0.25) is 9.59 Å². The van der Waals surface area contributed by atoms with Crippen molar-refractivity contribution in [1.29, 1.82) is 0 Å². The molecule has 70 heavy (non-hydrogen) atoms. The zero-order chi connectivity index (χ0) is 52.2. The molecular weight excluding hydrogens is 889 g/mol. The first-order valence-electron chi connectivity index (χ1n) is 23.4. The molecule has 376 valence electrons. The second-order valence-corrected chi connectivity index (χ2v) is 15.4. The van der Waals surface area contributed by atoms with E-state index in [2.05, 4.69) is 105 Å². The Hall–Kier alpha value is -7.56. The SMILES string of the molecule is C#C.C#C.CC.CCC.CCCN(Cc1ncc(-c2ccc3c(c2)COc2cc4c(cc2-3)CCc2[nH]c(CN(CCC)C(=O)[C@H](NC(=O)OC)c3ccccc3)nc2-4)[nH]1)C(=O)CNC(=O)OC.COC. The number of aromatic nitrogens is 4. The summed E-state index contributed by atoms with van der Waals surface area (Å²) in [4.78, 5) is 70.4. The minimum absolute atomic E-state index is 0.158. The Morgan fingerprint density at radius 1 is 0.757 bits per heavy atom. The number of nitrogens with one attached hydrogen (secondary N) is 4. The molecule has 4 amide bonds. The molecule has 2 aliphatic rings. The summed E-state index contributed by atoms with van der Waals surface area (Å²) in [5.74, 6) is 1.61. The van der Waals surface area contributed by atoms with Gasteiger partial charge in [-0.2, -0.15) is 0 Å². The quantitative estimate of drug-likeness (QED) is 0.0780. The van der Waals surface area contributed by atoms with E-state index in [4.69, 9.17) is 14.5 Å². The smallest absolute Gasteiger partial charge is 0.407 e. The van der Waals surface area contributed by atoms with E-state index in [9.17, 15) is 19.2 Å². The van der Waals surface area contributed by atoms with Gasteiger partial charge >= 0.3 is 12.2 Å². The number of amides is 4. The maximum atomic E-state index is 14.0. The number of alkyl carbamates (subject to hydrolysis) is 2. The number of H-pyrrole nitrogens is 2. The highest BCUT2D eigenvalue weighted by atomic mass is 16.5. The molecule has 5 aromatic rings. The summed E-state index contributed by atoms with van der Waals surface area (Å²) >= 11 is 0. The average Bonchev–Trinajstić information content (AvgIpc) is 4.05. The van der Waals surface area contributed by atoms with Gasteiger partial charge in [-0.15, -0.1) is 25.7 Å². The van der Waals surface area contributed by atoms with Crippen LogP contribution in [-0.2, 0) is 56.3 Å². The van der Waals surface area contributed by atoms with E-state index in [0.717, 1.165) is 76.3 Å². The minimum Gasteiger partial charge on any atom is -0.488 e. The van der Waals surface area contributed by atoms with Gasteiger partial charge in [-0.25, -0.2) is 19.6 Å². The Morgan fingerprint density at radius 3 is 2.01 bits per heavy atom. The first-order valence-corrected chi connectivity index (χ1v) is 23.4. The summed E-state index contributed by atoms with van der Waals surface area (Å²) in [6.07, 6.45) is 20.7. The number of carbonyl (C=O) groups excluding carboxylic acids is 4. The minimum atomic E-state index is -0.909. The van der Waals surface area contributed by atoms with Gasteiger partial charge in [-0.05, 0) is 71.7 Å². The van der Waals surface area contributed by atoms with E-state index < -0.39 is 18.2 Å². The largest absolute Gasteiger partial charge is 0.488 e. The highest BCUT2D eigenvalue weighted by molar-refractivity contribution is 5.87. The number of benzene rings is 3. The van der Waals surface area contributed by atoms with Crippen LogP contribution in [0.4, 0.5) is 9.59 Å². The van der Waals surface area contributed by atoms with Crippen LogP contribution in [0.1, 0.15) is 101 Å². The maximum Gasteiger partial charge on any atom is 0.407 e. The van der Waals surface area contributed by atoms with E-state index in [-0.39, 0.29) is 31.4 Å². The van der Waals surface area contributed by atoms with E-state index in [1.807, 2.05) is 58.0 Å². The van der Waals surface area contributed by atoms with Crippen molar-refractivity contribution < 1.29 is 38.1 Å². The van der Waals surface area contributed by atoms with Crippen LogP contribution in [0, 0.1) is 25.7 Å². The Bertz CT molecular complexity index is 2430. The number of ether oxygens (including phenoxy) is 4. The molecule has 0 fully saturated rings. The third-order valence-corrected chi connectivity index (χ3v) is 10.4. The van der Waals surface area contributed by atoms with E-state index >= 15 is 0 Å². The van der Waals surface area contributed by atoms with E-state index in [1.54, 1.807) is 30.2 Å². The maximum absolute atomic E-state index is 14.0. The molecule has 4 N–H and O–H groups in total. The summed E-state index contributed by atoms with van der Waals surface area (Å²) < 4.78 is 20.1. The van der Waals surface area contributed by atoms with Crippen LogP contribution in [0.3, 0.4) is 0 Å². The predicted octanol–water partition coefficient (Wildman–Crippen LogP) is 9.26. The lowest BCUT2D eigenvalue weighted by Gasteiger charge is -2.27. The van der Waals surface area contributed by atoms with Crippen molar-refractivity contribution in [2.75, 3.05) is 48.1 Å². The highest BCUT2D eigenvalue weighted by Crippen LogP contribution is 2.44. The van der Waals surface area contributed by atoms with Gasteiger partial charge < -0.3 is 49.3 Å². The zero-order valence-electron chi connectivity index (χ0n) is 42.6. The Labute approximate surface area is 414 Å². The van der Waals surface area contributed by atoms with Gasteiger partial charge in [0, 0.05) is 44.1 Å². The van der Waals surface area contributed by atoms with Gasteiger partial charge in [-0.1, -0.05) is 90.4 Å². The molecular formula is C54H72N8O8. The Morgan fingerprint density at radius 2 is 1.39 bits per heavy atom. The second-order valence-electron chi connectivity index (χ2n) is 15.4. The zero-order valence-corrected chi connectivity index (χ0v) is 42.6. The van der Waals surface area contributed by atoms with Crippen molar-refractivity contribution >= 4 is 24.0 Å². The number of terminal acetylenes is 2. The van der Waals surface area contributed by atoms with Crippen molar-refractivity contribution in [1.82, 2.24) is 40.4 Å². The first kappa shape index (κ1) is 58.6. The number of nitrogens with zero attached hydrogens (tertiary/aromatic N) is 4. The van der Waals surface area contributed by atoms with Crippen LogP contribution in [0.2, 0.25) is 0 Å². The molecule has 0 unspecified atom stereocenters. The molecule has 7 rings (SSSR count). The molecule has 0 spiro atoms. The Balaban J connectivity index is 0.00000129. The molecule has 3 aromatic carbocycles. The number of carbonyl (C=O) groups is 4. The molecule has 16 nitrogen and oxygen atoms in total. The van der Waals surface area contributed by atoms with Crippen LogP contribution in [-0.4, -0.2) is 102 Å². The lowest BCUT2D eigenvalue weighted by Crippen LogP contribution is -2.43. The molecule has 1 atom stereocenters. The third kappa shape index (κ3) is 16.0. The van der Waals surface area contributed by atoms with Crippen LogP contribution < -0.4 is 15.4 Å². The fourth-order valence-corrected chi connectivity index (χ4v) is 7.56. The fourth-order valence-electron chi connectivity index (χ4n) is 7.56. The number of aromatic amines is 2.